The molecule has 0 fully saturated rings. The second kappa shape index (κ2) is 10.5. The second-order valence-electron chi connectivity index (χ2n) is 6.35. The van der Waals surface area contributed by atoms with Crippen molar-refractivity contribution in [2.75, 3.05) is 23.8 Å². The SMILES string of the molecule is O=C(COc1cccc(NC(=O)NCCc2ccccc2)c1)Nc1ccccc1. The Balaban J connectivity index is 1.42. The summed E-state index contributed by atoms with van der Waals surface area (Å²) in [6.45, 7) is 0.410. The summed E-state index contributed by atoms with van der Waals surface area (Å²) in [4.78, 5) is 24.0. The molecular formula is C23H23N3O3. The molecule has 6 nitrogen and oxygen atoms in total. The molecule has 0 aliphatic rings. The third kappa shape index (κ3) is 7.03. The third-order valence-corrected chi connectivity index (χ3v) is 4.06. The Kier molecular flexibility index (Phi) is 7.23. The number of hydrogen-bond donors (Lipinski definition) is 3. The zero-order valence-corrected chi connectivity index (χ0v) is 15.9. The first-order valence-corrected chi connectivity index (χ1v) is 9.35. The number of para-hydroxylation sites is 1. The topological polar surface area (TPSA) is 79.5 Å². The van der Waals surface area contributed by atoms with Crippen LogP contribution in [0.3, 0.4) is 0 Å². The average Bonchev–Trinajstić information content (AvgIpc) is 2.74. The van der Waals surface area contributed by atoms with Crippen molar-refractivity contribution in [3.63, 3.8) is 0 Å². The van der Waals surface area contributed by atoms with E-state index in [0.29, 0.717) is 23.7 Å². The third-order valence-electron chi connectivity index (χ3n) is 4.06. The first-order valence-electron chi connectivity index (χ1n) is 9.35. The number of ether oxygens (including phenoxy) is 1. The lowest BCUT2D eigenvalue weighted by atomic mass is 10.1. The molecule has 0 saturated heterocycles. The van der Waals surface area contributed by atoms with Crippen LogP contribution in [0.15, 0.2) is 84.9 Å². The highest BCUT2D eigenvalue weighted by molar-refractivity contribution is 5.92. The minimum Gasteiger partial charge on any atom is -0.484 e. The minimum atomic E-state index is -0.292. The van der Waals surface area contributed by atoms with Gasteiger partial charge in [-0.05, 0) is 36.2 Å². The molecule has 0 saturated carbocycles. The van der Waals surface area contributed by atoms with Crippen LogP contribution in [-0.2, 0) is 11.2 Å². The molecule has 0 aliphatic carbocycles. The Hall–Kier alpha value is -3.80. The summed E-state index contributed by atoms with van der Waals surface area (Å²) in [5.41, 5.74) is 2.46. The predicted molar refractivity (Wildman–Crippen MR) is 114 cm³/mol. The van der Waals surface area contributed by atoms with Crippen molar-refractivity contribution in [1.82, 2.24) is 5.32 Å². The first kappa shape index (κ1) is 19.9. The number of amides is 3. The first-order chi connectivity index (χ1) is 14.2. The van der Waals surface area contributed by atoms with Gasteiger partial charge in [0, 0.05) is 24.0 Å². The van der Waals surface area contributed by atoms with Crippen LogP contribution < -0.4 is 20.7 Å². The summed E-state index contributed by atoms with van der Waals surface area (Å²) in [6, 6.07) is 25.8. The smallest absolute Gasteiger partial charge is 0.319 e. The van der Waals surface area contributed by atoms with E-state index < -0.39 is 0 Å². The lowest BCUT2D eigenvalue weighted by molar-refractivity contribution is -0.118. The largest absolute Gasteiger partial charge is 0.484 e. The van der Waals surface area contributed by atoms with Gasteiger partial charge in [0.1, 0.15) is 5.75 Å². The maximum absolute atomic E-state index is 12.1. The number of carbonyl (C=O) groups excluding carboxylic acids is 2. The van der Waals surface area contributed by atoms with Gasteiger partial charge < -0.3 is 20.7 Å². The maximum Gasteiger partial charge on any atom is 0.319 e. The number of anilines is 2. The van der Waals surface area contributed by atoms with E-state index in [2.05, 4.69) is 16.0 Å². The lowest BCUT2D eigenvalue weighted by Crippen LogP contribution is -2.30. The van der Waals surface area contributed by atoms with Crippen LogP contribution in [0.5, 0.6) is 5.75 Å². The van der Waals surface area contributed by atoms with Gasteiger partial charge in [-0.2, -0.15) is 0 Å². The Labute approximate surface area is 169 Å². The Morgan fingerprint density at radius 3 is 2.21 bits per heavy atom. The summed E-state index contributed by atoms with van der Waals surface area (Å²) in [6.07, 6.45) is 0.758. The summed E-state index contributed by atoms with van der Waals surface area (Å²) >= 11 is 0. The highest BCUT2D eigenvalue weighted by Crippen LogP contribution is 2.17. The molecular weight excluding hydrogens is 366 g/mol. The molecule has 0 atom stereocenters. The molecule has 3 aromatic rings. The second-order valence-corrected chi connectivity index (χ2v) is 6.35. The molecule has 0 bridgehead atoms. The fourth-order valence-corrected chi connectivity index (χ4v) is 2.67. The number of rotatable bonds is 8. The molecule has 148 valence electrons. The molecule has 0 heterocycles. The standard InChI is InChI=1S/C23H23N3O3/c27-22(25-19-10-5-2-6-11-19)17-29-21-13-7-12-20(16-21)26-23(28)24-15-14-18-8-3-1-4-9-18/h1-13,16H,14-15,17H2,(H,25,27)(H2,24,26,28). The van der Waals surface area contributed by atoms with Crippen molar-refractivity contribution in [2.24, 2.45) is 0 Å². The zero-order chi connectivity index (χ0) is 20.3. The molecule has 0 unspecified atom stereocenters. The van der Waals surface area contributed by atoms with Gasteiger partial charge in [-0.1, -0.05) is 54.6 Å². The van der Waals surface area contributed by atoms with Crippen LogP contribution >= 0.6 is 0 Å². The van der Waals surface area contributed by atoms with Crippen LogP contribution in [0.25, 0.3) is 0 Å². The van der Waals surface area contributed by atoms with Crippen LogP contribution in [0, 0.1) is 0 Å². The van der Waals surface area contributed by atoms with Gasteiger partial charge in [-0.25, -0.2) is 4.79 Å². The molecule has 6 heteroatoms. The number of hydrogen-bond acceptors (Lipinski definition) is 3. The van der Waals surface area contributed by atoms with Gasteiger partial charge >= 0.3 is 6.03 Å². The van der Waals surface area contributed by atoms with Gasteiger partial charge in [0.15, 0.2) is 6.61 Å². The maximum atomic E-state index is 12.1. The van der Waals surface area contributed by atoms with Crippen molar-refractivity contribution in [2.45, 2.75) is 6.42 Å². The van der Waals surface area contributed by atoms with E-state index in [9.17, 15) is 9.59 Å². The molecule has 0 radical (unpaired) electrons. The number of nitrogens with one attached hydrogen (secondary N) is 3. The van der Waals surface area contributed by atoms with Crippen LogP contribution in [-0.4, -0.2) is 25.1 Å². The van der Waals surface area contributed by atoms with E-state index in [1.54, 1.807) is 36.4 Å². The minimum absolute atomic E-state index is 0.123. The van der Waals surface area contributed by atoms with E-state index in [1.165, 1.54) is 0 Å². The average molecular weight is 389 g/mol. The molecule has 3 N–H and O–H groups in total. The molecule has 0 spiro atoms. The summed E-state index contributed by atoms with van der Waals surface area (Å²) in [5.74, 6) is 0.239. The molecule has 0 aliphatic heterocycles. The van der Waals surface area contributed by atoms with E-state index in [1.807, 2.05) is 48.5 Å². The Morgan fingerprint density at radius 2 is 1.45 bits per heavy atom. The highest BCUT2D eigenvalue weighted by Gasteiger charge is 2.06. The quantitative estimate of drug-likeness (QED) is 0.543. The molecule has 3 amide bonds. The summed E-state index contributed by atoms with van der Waals surface area (Å²) in [5, 5.41) is 8.34. The van der Waals surface area contributed by atoms with Crippen molar-refractivity contribution in [3.05, 3.63) is 90.5 Å². The van der Waals surface area contributed by atoms with Crippen molar-refractivity contribution in [3.8, 4) is 5.75 Å². The van der Waals surface area contributed by atoms with E-state index in [-0.39, 0.29) is 18.5 Å². The van der Waals surface area contributed by atoms with Gasteiger partial charge in [0.25, 0.3) is 5.91 Å². The molecule has 3 aromatic carbocycles. The van der Waals surface area contributed by atoms with Crippen molar-refractivity contribution in [1.29, 1.82) is 0 Å². The zero-order valence-electron chi connectivity index (χ0n) is 15.9. The van der Waals surface area contributed by atoms with E-state index >= 15 is 0 Å². The fourth-order valence-electron chi connectivity index (χ4n) is 2.67. The van der Waals surface area contributed by atoms with Crippen LogP contribution in [0.4, 0.5) is 16.2 Å². The number of urea groups is 1. The van der Waals surface area contributed by atoms with Crippen LogP contribution in [0.2, 0.25) is 0 Å². The summed E-state index contributed by atoms with van der Waals surface area (Å²) < 4.78 is 5.52. The Bertz CT molecular complexity index is 930. The van der Waals surface area contributed by atoms with Gasteiger partial charge in [-0.3, -0.25) is 4.79 Å². The molecule has 29 heavy (non-hydrogen) atoms. The van der Waals surface area contributed by atoms with E-state index in [0.717, 1.165) is 12.0 Å². The fraction of sp³-hybridized carbons (Fsp3) is 0.130. The number of carbonyl (C=O) groups is 2. The molecule has 3 rings (SSSR count). The van der Waals surface area contributed by atoms with Gasteiger partial charge in [0.2, 0.25) is 0 Å². The van der Waals surface area contributed by atoms with Crippen molar-refractivity contribution < 1.29 is 14.3 Å². The normalized spacial score (nSPS) is 10.1. The summed E-state index contributed by atoms with van der Waals surface area (Å²) in [7, 11) is 0. The number of benzene rings is 3. The van der Waals surface area contributed by atoms with Crippen LogP contribution in [0.1, 0.15) is 5.56 Å². The Morgan fingerprint density at radius 1 is 0.759 bits per heavy atom. The van der Waals surface area contributed by atoms with Crippen molar-refractivity contribution >= 4 is 23.3 Å². The lowest BCUT2D eigenvalue weighted by Gasteiger charge is -2.10. The van der Waals surface area contributed by atoms with E-state index in [4.69, 9.17) is 4.74 Å². The monoisotopic (exact) mass is 389 g/mol. The predicted octanol–water partition coefficient (Wildman–Crippen LogP) is 4.07. The van der Waals surface area contributed by atoms with Gasteiger partial charge in [0.05, 0.1) is 0 Å². The highest BCUT2D eigenvalue weighted by atomic mass is 16.5. The molecule has 0 aromatic heterocycles. The van der Waals surface area contributed by atoms with Gasteiger partial charge in [-0.15, -0.1) is 0 Å².